The highest BCUT2D eigenvalue weighted by Crippen LogP contribution is 2.27. The van der Waals surface area contributed by atoms with Gasteiger partial charge in [-0.3, -0.25) is 0 Å². The Bertz CT molecular complexity index is 817. The van der Waals surface area contributed by atoms with E-state index in [0.29, 0.717) is 35.6 Å². The Labute approximate surface area is 144 Å². The topological polar surface area (TPSA) is 36.3 Å². The largest absolute Gasteiger partial charge is 0.490 e. The fourth-order valence-corrected chi connectivity index (χ4v) is 2.92. The molecule has 1 heterocycles. The van der Waals surface area contributed by atoms with Crippen LogP contribution in [0.5, 0.6) is 5.75 Å². The fourth-order valence-electron chi connectivity index (χ4n) is 2.45. The normalized spacial score (nSPS) is 11.1. The molecule has 0 aliphatic heterocycles. The van der Waals surface area contributed by atoms with Crippen molar-refractivity contribution in [3.8, 4) is 5.75 Å². The molecule has 0 radical (unpaired) electrons. The van der Waals surface area contributed by atoms with Crippen molar-refractivity contribution < 1.29 is 9.47 Å². The molecule has 3 aromatic rings. The predicted octanol–water partition coefficient (Wildman–Crippen LogP) is 4.57. The highest BCUT2D eigenvalue weighted by atomic mass is 35.5. The highest BCUT2D eigenvalue weighted by Gasteiger charge is 2.10. The number of aromatic nitrogens is 2. The molecule has 0 N–H and O–H groups in total. The van der Waals surface area contributed by atoms with E-state index in [2.05, 4.69) is 9.55 Å². The number of hydrogen-bond donors (Lipinski definition) is 0. The lowest BCUT2D eigenvalue weighted by Gasteiger charge is -2.11. The van der Waals surface area contributed by atoms with Gasteiger partial charge in [-0.15, -0.1) is 0 Å². The van der Waals surface area contributed by atoms with Gasteiger partial charge >= 0.3 is 0 Å². The molecule has 0 fully saturated rings. The van der Waals surface area contributed by atoms with Crippen LogP contribution in [0, 0.1) is 0 Å². The van der Waals surface area contributed by atoms with Crippen LogP contribution in [-0.4, -0.2) is 23.3 Å². The van der Waals surface area contributed by atoms with Crippen LogP contribution in [0.15, 0.2) is 42.5 Å². The zero-order chi connectivity index (χ0) is 16.2. The van der Waals surface area contributed by atoms with Crippen molar-refractivity contribution in [2.75, 3.05) is 13.7 Å². The summed E-state index contributed by atoms with van der Waals surface area (Å²) in [5, 5.41) is 1.09. The molecular formula is C17H16Cl2N2O2. The van der Waals surface area contributed by atoms with Gasteiger partial charge in [0.1, 0.15) is 24.8 Å². The molecule has 0 saturated heterocycles. The maximum absolute atomic E-state index is 6.12. The number of nitrogens with zero attached hydrogens (tertiary/aromatic N) is 2. The molecule has 0 saturated carbocycles. The maximum Gasteiger partial charge on any atom is 0.138 e. The van der Waals surface area contributed by atoms with Crippen LogP contribution in [0.3, 0.4) is 0 Å². The van der Waals surface area contributed by atoms with Gasteiger partial charge in [-0.25, -0.2) is 4.98 Å². The summed E-state index contributed by atoms with van der Waals surface area (Å²) in [5.74, 6) is 1.49. The number of halogens is 2. The van der Waals surface area contributed by atoms with Crippen molar-refractivity contribution in [3.63, 3.8) is 0 Å². The van der Waals surface area contributed by atoms with Gasteiger partial charge in [0.15, 0.2) is 0 Å². The number of ether oxygens (including phenoxy) is 2. The zero-order valence-electron chi connectivity index (χ0n) is 12.6. The molecular weight excluding hydrogens is 335 g/mol. The molecule has 3 rings (SSSR count). The standard InChI is InChI=1S/C17H16Cl2N2O2/c1-22-11-17-20-14-4-2-3-5-15(14)21(17)8-9-23-16-7-6-12(18)10-13(16)19/h2-7,10H,8-9,11H2,1H3. The Morgan fingerprint density at radius 3 is 2.74 bits per heavy atom. The summed E-state index contributed by atoms with van der Waals surface area (Å²) in [4.78, 5) is 4.60. The second kappa shape index (κ2) is 7.21. The molecule has 0 amide bonds. The Morgan fingerprint density at radius 1 is 1.13 bits per heavy atom. The first-order valence-corrected chi connectivity index (χ1v) is 7.95. The van der Waals surface area contributed by atoms with Gasteiger partial charge in [0.05, 0.1) is 22.6 Å². The first kappa shape index (κ1) is 16.1. The quantitative estimate of drug-likeness (QED) is 0.653. The first-order chi connectivity index (χ1) is 11.2. The molecule has 6 heteroatoms. The van der Waals surface area contributed by atoms with E-state index in [9.17, 15) is 0 Å². The molecule has 2 aromatic carbocycles. The van der Waals surface area contributed by atoms with Gasteiger partial charge in [-0.05, 0) is 30.3 Å². The van der Waals surface area contributed by atoms with Crippen LogP contribution in [0.2, 0.25) is 10.0 Å². The summed E-state index contributed by atoms with van der Waals surface area (Å²) in [6.07, 6.45) is 0. The third-order valence-corrected chi connectivity index (χ3v) is 4.00. The van der Waals surface area contributed by atoms with Crippen molar-refractivity contribution in [3.05, 3.63) is 58.3 Å². The molecule has 120 valence electrons. The zero-order valence-corrected chi connectivity index (χ0v) is 14.1. The van der Waals surface area contributed by atoms with Crippen molar-refractivity contribution in [1.29, 1.82) is 0 Å². The number of benzene rings is 2. The second-order valence-electron chi connectivity index (χ2n) is 5.02. The van der Waals surface area contributed by atoms with E-state index in [1.54, 1.807) is 25.3 Å². The summed E-state index contributed by atoms with van der Waals surface area (Å²) in [7, 11) is 1.66. The van der Waals surface area contributed by atoms with Gasteiger partial charge in [-0.1, -0.05) is 35.3 Å². The third-order valence-electron chi connectivity index (χ3n) is 3.47. The van der Waals surface area contributed by atoms with E-state index >= 15 is 0 Å². The monoisotopic (exact) mass is 350 g/mol. The van der Waals surface area contributed by atoms with Crippen molar-refractivity contribution in [2.45, 2.75) is 13.2 Å². The van der Waals surface area contributed by atoms with Crippen LogP contribution in [0.4, 0.5) is 0 Å². The molecule has 0 unspecified atom stereocenters. The van der Waals surface area contributed by atoms with Crippen molar-refractivity contribution in [2.24, 2.45) is 0 Å². The maximum atomic E-state index is 6.12. The van der Waals surface area contributed by atoms with Gasteiger partial charge < -0.3 is 14.0 Å². The number of imidazole rings is 1. The molecule has 0 aliphatic carbocycles. The number of rotatable bonds is 6. The molecule has 4 nitrogen and oxygen atoms in total. The second-order valence-corrected chi connectivity index (χ2v) is 5.87. The summed E-state index contributed by atoms with van der Waals surface area (Å²) in [5.41, 5.74) is 2.01. The van der Waals surface area contributed by atoms with Gasteiger partial charge in [0.25, 0.3) is 0 Å². The molecule has 0 aliphatic rings. The van der Waals surface area contributed by atoms with E-state index in [-0.39, 0.29) is 0 Å². The molecule has 0 bridgehead atoms. The van der Waals surface area contributed by atoms with Crippen LogP contribution in [0.1, 0.15) is 5.82 Å². The minimum absolute atomic E-state index is 0.455. The molecule has 1 aromatic heterocycles. The predicted molar refractivity (Wildman–Crippen MR) is 92.4 cm³/mol. The minimum atomic E-state index is 0.455. The van der Waals surface area contributed by atoms with Crippen LogP contribution >= 0.6 is 23.2 Å². The van der Waals surface area contributed by atoms with Crippen molar-refractivity contribution in [1.82, 2.24) is 9.55 Å². The van der Waals surface area contributed by atoms with Crippen LogP contribution in [0.25, 0.3) is 11.0 Å². The Hall–Kier alpha value is -1.75. The average Bonchev–Trinajstić information content (AvgIpc) is 2.88. The lowest BCUT2D eigenvalue weighted by Crippen LogP contribution is -2.12. The van der Waals surface area contributed by atoms with E-state index in [0.717, 1.165) is 16.9 Å². The lowest BCUT2D eigenvalue weighted by atomic mass is 10.3. The highest BCUT2D eigenvalue weighted by molar-refractivity contribution is 6.35. The van der Waals surface area contributed by atoms with Crippen LogP contribution < -0.4 is 4.74 Å². The number of fused-ring (bicyclic) bond motifs is 1. The Kier molecular flexibility index (Phi) is 5.06. The fraction of sp³-hybridized carbons (Fsp3) is 0.235. The van der Waals surface area contributed by atoms with Gasteiger partial charge in [0.2, 0.25) is 0 Å². The van der Waals surface area contributed by atoms with Crippen LogP contribution in [-0.2, 0) is 17.9 Å². The number of hydrogen-bond acceptors (Lipinski definition) is 3. The molecule has 0 atom stereocenters. The van der Waals surface area contributed by atoms with E-state index in [4.69, 9.17) is 32.7 Å². The Morgan fingerprint density at radius 2 is 1.96 bits per heavy atom. The van der Waals surface area contributed by atoms with Crippen molar-refractivity contribution >= 4 is 34.2 Å². The summed E-state index contributed by atoms with van der Waals surface area (Å²) in [6.45, 7) is 1.58. The van der Waals surface area contributed by atoms with Gasteiger partial charge in [-0.2, -0.15) is 0 Å². The number of para-hydroxylation sites is 2. The summed E-state index contributed by atoms with van der Waals surface area (Å²) >= 11 is 12.0. The third kappa shape index (κ3) is 3.61. The minimum Gasteiger partial charge on any atom is -0.490 e. The molecule has 0 spiro atoms. The first-order valence-electron chi connectivity index (χ1n) is 7.20. The summed E-state index contributed by atoms with van der Waals surface area (Å²) < 4.78 is 13.1. The van der Waals surface area contributed by atoms with E-state index in [1.807, 2.05) is 24.3 Å². The SMILES string of the molecule is COCc1nc2ccccc2n1CCOc1ccc(Cl)cc1Cl. The summed E-state index contributed by atoms with van der Waals surface area (Å²) in [6, 6.07) is 13.2. The van der Waals surface area contributed by atoms with E-state index in [1.165, 1.54) is 0 Å². The lowest BCUT2D eigenvalue weighted by molar-refractivity contribution is 0.173. The average molecular weight is 351 g/mol. The van der Waals surface area contributed by atoms with Gasteiger partial charge in [0, 0.05) is 12.1 Å². The number of methoxy groups -OCH3 is 1. The molecule has 23 heavy (non-hydrogen) atoms. The Balaban J connectivity index is 1.77. The smallest absolute Gasteiger partial charge is 0.138 e. The van der Waals surface area contributed by atoms with E-state index < -0.39 is 0 Å².